The van der Waals surface area contributed by atoms with Gasteiger partial charge in [-0.3, -0.25) is 0 Å². The van der Waals surface area contributed by atoms with Gasteiger partial charge in [-0.2, -0.15) is 13.2 Å². The highest BCUT2D eigenvalue weighted by Crippen LogP contribution is 2.38. The zero-order valence-corrected chi connectivity index (χ0v) is 16.9. The molecule has 1 aromatic heterocycles. The summed E-state index contributed by atoms with van der Waals surface area (Å²) in [5.74, 6) is 1.12. The molecule has 1 aliphatic heterocycles. The largest absolute Gasteiger partial charge is 0.417 e. The Kier molecular flexibility index (Phi) is 4.68. The summed E-state index contributed by atoms with van der Waals surface area (Å²) in [5.41, 5.74) is 3.06. The molecule has 1 fully saturated rings. The number of halogens is 3. The Bertz CT molecular complexity index is 1220. The summed E-state index contributed by atoms with van der Waals surface area (Å²) >= 11 is 0. The number of nitrogens with one attached hydrogen (secondary N) is 2. The fourth-order valence-corrected chi connectivity index (χ4v) is 3.80. The maximum Gasteiger partial charge on any atom is 0.417 e. The van der Waals surface area contributed by atoms with E-state index in [4.69, 9.17) is 0 Å². The van der Waals surface area contributed by atoms with Crippen LogP contribution in [0.25, 0.3) is 22.3 Å². The lowest BCUT2D eigenvalue weighted by atomic mass is 10.1. The third-order valence-electron chi connectivity index (χ3n) is 5.66. The average Bonchev–Trinajstić information content (AvgIpc) is 3.60. The third-order valence-corrected chi connectivity index (χ3v) is 5.66. The van der Waals surface area contributed by atoms with Crippen LogP contribution in [0.15, 0.2) is 71.6 Å². The highest BCUT2D eigenvalue weighted by Gasteiger charge is 2.34. The van der Waals surface area contributed by atoms with Crippen molar-refractivity contribution in [3.63, 3.8) is 0 Å². The van der Waals surface area contributed by atoms with Crippen LogP contribution in [-0.4, -0.2) is 16.5 Å². The van der Waals surface area contributed by atoms with Crippen molar-refractivity contribution in [3.8, 4) is 11.4 Å². The number of benzene rings is 2. The standard InChI is InChI=1S/C24H21F3N4/c1-14-13-28-21(15-10-11-15)12-20(14)30-23-17-7-3-5-9-19(17)29-22(31-23)16-6-2-4-8-18(16)24(25,26)27/h2-9,12,15,28H,10-11,13H2,1H3,(H,29,30,31). The van der Waals surface area contributed by atoms with Crippen molar-refractivity contribution in [2.75, 3.05) is 11.9 Å². The number of rotatable bonds is 4. The number of nitrogens with zero attached hydrogens (tertiary/aromatic N) is 2. The van der Waals surface area contributed by atoms with Crippen LogP contribution < -0.4 is 10.6 Å². The van der Waals surface area contributed by atoms with Crippen LogP contribution in [0, 0.1) is 5.92 Å². The molecule has 31 heavy (non-hydrogen) atoms. The van der Waals surface area contributed by atoms with Crippen LogP contribution in [-0.2, 0) is 6.18 Å². The first-order valence-corrected chi connectivity index (χ1v) is 10.3. The van der Waals surface area contributed by atoms with Gasteiger partial charge in [0, 0.05) is 28.9 Å². The minimum absolute atomic E-state index is 0.0333. The molecule has 0 amide bonds. The van der Waals surface area contributed by atoms with E-state index in [0.717, 1.165) is 29.3 Å². The second-order valence-electron chi connectivity index (χ2n) is 8.00. The fraction of sp³-hybridized carbons (Fsp3) is 0.250. The van der Waals surface area contributed by atoms with Crippen LogP contribution in [0.5, 0.6) is 0 Å². The van der Waals surface area contributed by atoms with Gasteiger partial charge in [-0.15, -0.1) is 0 Å². The predicted octanol–water partition coefficient (Wildman–Crippen LogP) is 5.90. The zero-order valence-electron chi connectivity index (χ0n) is 16.9. The lowest BCUT2D eigenvalue weighted by Gasteiger charge is -2.22. The number of aromatic nitrogens is 2. The van der Waals surface area contributed by atoms with Gasteiger partial charge in [0.2, 0.25) is 0 Å². The molecule has 0 unspecified atom stereocenters. The summed E-state index contributed by atoms with van der Waals surface area (Å²) < 4.78 is 40.8. The molecular formula is C24H21F3N4. The van der Waals surface area contributed by atoms with Crippen LogP contribution in [0.2, 0.25) is 0 Å². The SMILES string of the molecule is CC1=C(Nc2nc(-c3ccccc3C(F)(F)F)nc3ccccc23)C=C(C2CC2)NC1. The number of dihydropyridines is 1. The van der Waals surface area contributed by atoms with Crippen molar-refractivity contribution in [3.05, 3.63) is 77.1 Å². The third kappa shape index (κ3) is 3.87. The molecule has 4 nitrogen and oxygen atoms in total. The number of allylic oxidation sites excluding steroid dienone is 2. The van der Waals surface area contributed by atoms with Crippen molar-refractivity contribution in [2.45, 2.75) is 25.9 Å². The van der Waals surface area contributed by atoms with Crippen molar-refractivity contribution >= 4 is 16.7 Å². The molecule has 2 aliphatic rings. The fourth-order valence-electron chi connectivity index (χ4n) is 3.80. The first-order valence-electron chi connectivity index (χ1n) is 10.3. The minimum Gasteiger partial charge on any atom is -0.384 e. The molecule has 2 N–H and O–H groups in total. The second kappa shape index (κ2) is 7.41. The molecule has 0 atom stereocenters. The van der Waals surface area contributed by atoms with Crippen molar-refractivity contribution in [1.29, 1.82) is 0 Å². The Balaban J connectivity index is 1.63. The van der Waals surface area contributed by atoms with Crippen molar-refractivity contribution < 1.29 is 13.2 Å². The summed E-state index contributed by atoms with van der Waals surface area (Å²) in [4.78, 5) is 9.00. The molecule has 2 aromatic carbocycles. The first kappa shape index (κ1) is 19.6. The van der Waals surface area contributed by atoms with Gasteiger partial charge in [-0.1, -0.05) is 30.3 Å². The van der Waals surface area contributed by atoms with E-state index in [-0.39, 0.29) is 11.4 Å². The van der Waals surface area contributed by atoms with Crippen LogP contribution in [0.3, 0.4) is 0 Å². The van der Waals surface area contributed by atoms with Gasteiger partial charge in [0.15, 0.2) is 5.82 Å². The Hall–Kier alpha value is -3.35. The van der Waals surface area contributed by atoms with Gasteiger partial charge in [0.25, 0.3) is 0 Å². The van der Waals surface area contributed by atoms with Gasteiger partial charge in [-0.25, -0.2) is 9.97 Å². The molecule has 3 aromatic rings. The molecule has 158 valence electrons. The summed E-state index contributed by atoms with van der Waals surface area (Å²) in [7, 11) is 0. The first-order chi connectivity index (χ1) is 14.9. The summed E-state index contributed by atoms with van der Waals surface area (Å²) in [6.45, 7) is 2.76. The number of hydrogen-bond acceptors (Lipinski definition) is 4. The second-order valence-corrected chi connectivity index (χ2v) is 8.00. The van der Waals surface area contributed by atoms with Gasteiger partial charge >= 0.3 is 6.18 Å². The van der Waals surface area contributed by atoms with Gasteiger partial charge in [-0.05, 0) is 55.5 Å². The quantitative estimate of drug-likeness (QED) is 0.550. The van der Waals surface area contributed by atoms with E-state index in [1.807, 2.05) is 25.1 Å². The van der Waals surface area contributed by atoms with Crippen LogP contribution in [0.1, 0.15) is 25.3 Å². The lowest BCUT2D eigenvalue weighted by molar-refractivity contribution is -0.137. The molecule has 0 spiro atoms. The number of fused-ring (bicyclic) bond motifs is 1. The highest BCUT2D eigenvalue weighted by atomic mass is 19.4. The maximum absolute atomic E-state index is 13.6. The topological polar surface area (TPSA) is 49.8 Å². The summed E-state index contributed by atoms with van der Waals surface area (Å²) in [6, 6.07) is 12.8. The maximum atomic E-state index is 13.6. The molecule has 0 radical (unpaired) electrons. The zero-order chi connectivity index (χ0) is 21.6. The van der Waals surface area contributed by atoms with Crippen molar-refractivity contribution in [2.24, 2.45) is 5.92 Å². The van der Waals surface area contributed by atoms with E-state index in [9.17, 15) is 13.2 Å². The van der Waals surface area contributed by atoms with E-state index in [1.165, 1.54) is 30.7 Å². The van der Waals surface area contributed by atoms with E-state index in [1.54, 1.807) is 12.1 Å². The predicted molar refractivity (Wildman–Crippen MR) is 115 cm³/mol. The smallest absolute Gasteiger partial charge is 0.384 e. The normalized spacial score (nSPS) is 16.8. The van der Waals surface area contributed by atoms with Gasteiger partial charge < -0.3 is 10.6 Å². The van der Waals surface area contributed by atoms with Crippen LogP contribution in [0.4, 0.5) is 19.0 Å². The highest BCUT2D eigenvalue weighted by molar-refractivity contribution is 5.91. The molecule has 5 rings (SSSR count). The molecule has 0 saturated heterocycles. The van der Waals surface area contributed by atoms with E-state index in [0.29, 0.717) is 17.3 Å². The van der Waals surface area contributed by atoms with E-state index in [2.05, 4.69) is 26.7 Å². The summed E-state index contributed by atoms with van der Waals surface area (Å²) in [6.07, 6.45) is -0.0358. The Morgan fingerprint density at radius 3 is 2.52 bits per heavy atom. The number of para-hydroxylation sites is 1. The monoisotopic (exact) mass is 422 g/mol. The molecular weight excluding hydrogens is 401 g/mol. The van der Waals surface area contributed by atoms with E-state index < -0.39 is 11.7 Å². The molecule has 1 saturated carbocycles. The Labute approximate surface area is 177 Å². The molecule has 2 heterocycles. The molecule has 1 aliphatic carbocycles. The summed E-state index contributed by atoms with van der Waals surface area (Å²) in [5, 5.41) is 7.60. The molecule has 7 heteroatoms. The Morgan fingerprint density at radius 2 is 1.74 bits per heavy atom. The van der Waals surface area contributed by atoms with Crippen LogP contribution >= 0.6 is 0 Å². The Morgan fingerprint density at radius 1 is 1.00 bits per heavy atom. The molecule has 0 bridgehead atoms. The van der Waals surface area contributed by atoms with Crippen molar-refractivity contribution in [1.82, 2.24) is 15.3 Å². The minimum atomic E-state index is -4.49. The average molecular weight is 422 g/mol. The van der Waals surface area contributed by atoms with Gasteiger partial charge in [0.05, 0.1) is 11.1 Å². The lowest BCUT2D eigenvalue weighted by Crippen LogP contribution is -2.24. The number of alkyl halides is 3. The van der Waals surface area contributed by atoms with Gasteiger partial charge in [0.1, 0.15) is 5.82 Å². The van der Waals surface area contributed by atoms with E-state index >= 15 is 0 Å². The number of hydrogen-bond donors (Lipinski definition) is 2. The number of anilines is 1.